The fraction of sp³-hybridized carbons (Fsp3) is 0.346. The van der Waals surface area contributed by atoms with Gasteiger partial charge < -0.3 is 30.2 Å². The first kappa shape index (κ1) is 26.8. The number of anilines is 2. The van der Waals surface area contributed by atoms with Crippen molar-refractivity contribution < 1.29 is 19.0 Å². The zero-order valence-electron chi connectivity index (χ0n) is 21.0. The number of carbonyl (C=O) groups is 1. The van der Waals surface area contributed by atoms with Gasteiger partial charge >= 0.3 is 0 Å². The maximum atomic E-state index is 11.8. The summed E-state index contributed by atoms with van der Waals surface area (Å²) >= 11 is 13.3. The Labute approximate surface area is 225 Å². The lowest BCUT2D eigenvalue weighted by molar-refractivity contribution is -0.117. The number of fused-ring (bicyclic) bond motifs is 1. The topological polar surface area (TPSA) is 107 Å². The van der Waals surface area contributed by atoms with Crippen molar-refractivity contribution >= 4 is 51.5 Å². The third-order valence-corrected chi connectivity index (χ3v) is 6.65. The highest BCUT2D eigenvalue weighted by molar-refractivity contribution is 6.41. The van der Waals surface area contributed by atoms with E-state index in [2.05, 4.69) is 27.5 Å². The van der Waals surface area contributed by atoms with Crippen molar-refractivity contribution in [1.82, 2.24) is 15.3 Å². The lowest BCUT2D eigenvalue weighted by Gasteiger charge is -2.21. The predicted octanol–water partition coefficient (Wildman–Crippen LogP) is 4.92. The maximum Gasteiger partial charge on any atom is 0.243 e. The van der Waals surface area contributed by atoms with Gasteiger partial charge in [-0.15, -0.1) is 0 Å². The van der Waals surface area contributed by atoms with Gasteiger partial charge in [0.1, 0.15) is 23.1 Å². The summed E-state index contributed by atoms with van der Waals surface area (Å²) < 4.78 is 16.4. The molecule has 1 saturated heterocycles. The van der Waals surface area contributed by atoms with E-state index in [1.165, 1.54) is 20.3 Å². The van der Waals surface area contributed by atoms with E-state index in [0.29, 0.717) is 57.7 Å². The molecule has 9 nitrogen and oxygen atoms in total. The van der Waals surface area contributed by atoms with E-state index in [1.54, 1.807) is 12.3 Å². The molecule has 196 valence electrons. The van der Waals surface area contributed by atoms with Crippen LogP contribution in [0.15, 0.2) is 37.1 Å². The third kappa shape index (κ3) is 5.69. The van der Waals surface area contributed by atoms with Gasteiger partial charge in [0.25, 0.3) is 0 Å². The lowest BCUT2D eigenvalue weighted by atomic mass is 10.1. The summed E-state index contributed by atoms with van der Waals surface area (Å²) in [6, 6.07) is 5.17. The first-order chi connectivity index (χ1) is 17.7. The van der Waals surface area contributed by atoms with Gasteiger partial charge in [-0.25, -0.2) is 9.97 Å². The van der Waals surface area contributed by atoms with E-state index in [9.17, 15) is 4.79 Å². The predicted molar refractivity (Wildman–Crippen MR) is 147 cm³/mol. The SMILES string of the molecule is C=CC(=O)N[C@H]1COC[C@H]1Nc1cc2c(NC(C)C)nc(-c3c(Cl)c(OC)cc(OC)c3Cl)cc2cn1. The van der Waals surface area contributed by atoms with Crippen LogP contribution in [0, 0.1) is 0 Å². The van der Waals surface area contributed by atoms with Gasteiger partial charge in [-0.2, -0.15) is 0 Å². The molecule has 37 heavy (non-hydrogen) atoms. The summed E-state index contributed by atoms with van der Waals surface area (Å²) in [6.45, 7) is 8.40. The van der Waals surface area contributed by atoms with Crippen LogP contribution < -0.4 is 25.4 Å². The van der Waals surface area contributed by atoms with Crippen molar-refractivity contribution in [3.05, 3.63) is 47.1 Å². The standard InChI is InChI=1S/C26H29Cl2N5O4/c1-6-22(34)32-18-12-37-11-17(18)31-21-8-15-14(10-29-21)7-16(33-26(15)30-13(2)3)23-24(27)19(35-4)9-20(36-5)25(23)28/h6-10,13,17-18H,1,11-12H2,2-5H3,(H,29,31)(H,30,33)(H,32,34)/t17-,18+/m1/s1. The molecule has 0 spiro atoms. The Morgan fingerprint density at radius 2 is 1.81 bits per heavy atom. The second-order valence-corrected chi connectivity index (χ2v) is 9.59. The van der Waals surface area contributed by atoms with Crippen LogP contribution in [-0.2, 0) is 9.53 Å². The Bertz CT molecular complexity index is 1310. The molecule has 0 saturated carbocycles. The second-order valence-electron chi connectivity index (χ2n) is 8.84. The smallest absolute Gasteiger partial charge is 0.243 e. The number of amides is 1. The van der Waals surface area contributed by atoms with Crippen LogP contribution >= 0.6 is 23.2 Å². The number of methoxy groups -OCH3 is 2. The average Bonchev–Trinajstić information content (AvgIpc) is 3.30. The summed E-state index contributed by atoms with van der Waals surface area (Å²) in [6.07, 6.45) is 2.99. The zero-order valence-corrected chi connectivity index (χ0v) is 22.5. The molecule has 1 amide bonds. The first-order valence-electron chi connectivity index (χ1n) is 11.7. The first-order valence-corrected chi connectivity index (χ1v) is 12.5. The van der Waals surface area contributed by atoms with Gasteiger partial charge in [0.15, 0.2) is 0 Å². The molecule has 1 fully saturated rings. The van der Waals surface area contributed by atoms with Gasteiger partial charge in [-0.3, -0.25) is 4.79 Å². The maximum absolute atomic E-state index is 11.8. The van der Waals surface area contributed by atoms with E-state index < -0.39 is 0 Å². The quantitative estimate of drug-likeness (QED) is 0.325. The second kappa shape index (κ2) is 11.4. The van der Waals surface area contributed by atoms with Gasteiger partial charge in [0.05, 0.1) is 55.3 Å². The molecule has 0 unspecified atom stereocenters. The van der Waals surface area contributed by atoms with E-state index in [4.69, 9.17) is 42.4 Å². The van der Waals surface area contributed by atoms with Crippen LogP contribution in [0.25, 0.3) is 22.0 Å². The van der Waals surface area contributed by atoms with Crippen molar-refractivity contribution in [2.75, 3.05) is 38.1 Å². The molecule has 0 aliphatic carbocycles. The number of benzene rings is 1. The van der Waals surface area contributed by atoms with E-state index in [1.807, 2.05) is 26.0 Å². The van der Waals surface area contributed by atoms with Crippen LogP contribution in [0.2, 0.25) is 10.0 Å². The number of nitrogens with one attached hydrogen (secondary N) is 3. The van der Waals surface area contributed by atoms with Crippen LogP contribution in [0.5, 0.6) is 11.5 Å². The van der Waals surface area contributed by atoms with Crippen molar-refractivity contribution in [2.45, 2.75) is 32.0 Å². The van der Waals surface area contributed by atoms with Gasteiger partial charge in [-0.05, 0) is 32.1 Å². The largest absolute Gasteiger partial charge is 0.495 e. The number of hydrogen-bond acceptors (Lipinski definition) is 8. The molecule has 2 atom stereocenters. The fourth-order valence-electron chi connectivity index (χ4n) is 4.12. The van der Waals surface area contributed by atoms with Crippen LogP contribution in [0.4, 0.5) is 11.6 Å². The highest BCUT2D eigenvalue weighted by Crippen LogP contribution is 2.46. The average molecular weight is 546 g/mol. The molecule has 3 heterocycles. The summed E-state index contributed by atoms with van der Waals surface area (Å²) in [5, 5.41) is 12.0. The monoisotopic (exact) mass is 545 g/mol. The highest BCUT2D eigenvalue weighted by Gasteiger charge is 2.29. The van der Waals surface area contributed by atoms with E-state index in [-0.39, 0.29) is 24.0 Å². The molecule has 3 aromatic rings. The van der Waals surface area contributed by atoms with Crippen molar-refractivity contribution in [3.8, 4) is 22.8 Å². The Morgan fingerprint density at radius 3 is 2.43 bits per heavy atom. The minimum absolute atomic E-state index is 0.100. The van der Waals surface area contributed by atoms with Crippen LogP contribution in [0.1, 0.15) is 13.8 Å². The zero-order chi connectivity index (χ0) is 26.7. The van der Waals surface area contributed by atoms with Crippen molar-refractivity contribution in [3.63, 3.8) is 0 Å². The Hall–Kier alpha value is -3.27. The number of rotatable bonds is 9. The molecule has 3 N–H and O–H groups in total. The van der Waals surface area contributed by atoms with Gasteiger partial charge in [0, 0.05) is 34.6 Å². The Balaban J connectivity index is 1.77. The molecular weight excluding hydrogens is 517 g/mol. The molecule has 4 rings (SSSR count). The van der Waals surface area contributed by atoms with E-state index >= 15 is 0 Å². The molecule has 1 aromatic carbocycles. The minimum Gasteiger partial charge on any atom is -0.495 e. The van der Waals surface area contributed by atoms with Gasteiger partial charge in [0.2, 0.25) is 5.91 Å². The van der Waals surface area contributed by atoms with Crippen LogP contribution in [-0.4, -0.2) is 61.4 Å². The summed E-state index contributed by atoms with van der Waals surface area (Å²) in [4.78, 5) is 21.3. The number of carbonyl (C=O) groups excluding carboxylic acids is 1. The number of hydrogen-bond donors (Lipinski definition) is 3. The molecule has 0 bridgehead atoms. The lowest BCUT2D eigenvalue weighted by Crippen LogP contribution is -2.45. The van der Waals surface area contributed by atoms with Crippen molar-refractivity contribution in [1.29, 1.82) is 0 Å². The number of pyridine rings is 2. The summed E-state index contributed by atoms with van der Waals surface area (Å²) in [5.74, 6) is 1.86. The fourth-order valence-corrected chi connectivity index (χ4v) is 4.81. The minimum atomic E-state index is -0.250. The molecule has 11 heteroatoms. The summed E-state index contributed by atoms with van der Waals surface area (Å²) in [7, 11) is 3.05. The molecule has 2 aromatic heterocycles. The van der Waals surface area contributed by atoms with Gasteiger partial charge in [-0.1, -0.05) is 29.8 Å². The third-order valence-electron chi connectivity index (χ3n) is 5.90. The van der Waals surface area contributed by atoms with Crippen LogP contribution in [0.3, 0.4) is 0 Å². The molecular formula is C26H29Cl2N5O4. The number of nitrogens with zero attached hydrogens (tertiary/aromatic N) is 2. The normalized spacial score (nSPS) is 17.1. The molecule has 1 aliphatic rings. The Morgan fingerprint density at radius 1 is 1.14 bits per heavy atom. The Kier molecular flexibility index (Phi) is 8.26. The number of aromatic nitrogens is 2. The molecule has 0 radical (unpaired) electrons. The van der Waals surface area contributed by atoms with E-state index in [0.717, 1.165) is 10.8 Å². The van der Waals surface area contributed by atoms with Crippen molar-refractivity contribution in [2.24, 2.45) is 0 Å². The number of halogens is 2. The summed E-state index contributed by atoms with van der Waals surface area (Å²) in [5.41, 5.74) is 1.04. The molecule has 1 aliphatic heterocycles. The number of ether oxygens (including phenoxy) is 3. The highest BCUT2D eigenvalue weighted by atomic mass is 35.5.